The number of aliphatic hydroxyl groups is 1. The number of ether oxygens (including phenoxy) is 1. The molecule has 34 heavy (non-hydrogen) atoms. The van der Waals surface area contributed by atoms with Gasteiger partial charge in [0.25, 0.3) is 0 Å². The molecule has 1 aliphatic heterocycles. The van der Waals surface area contributed by atoms with Crippen LogP contribution in [0.4, 0.5) is 10.2 Å². The van der Waals surface area contributed by atoms with Crippen molar-refractivity contribution < 1.29 is 14.2 Å². The fraction of sp³-hybridized carbons (Fsp3) is 0.346. The van der Waals surface area contributed by atoms with Crippen LogP contribution in [0.3, 0.4) is 0 Å². The second kappa shape index (κ2) is 13.1. The molecule has 1 fully saturated rings. The maximum absolute atomic E-state index is 13.7. The van der Waals surface area contributed by atoms with Crippen LogP contribution in [0.5, 0.6) is 0 Å². The number of aliphatic hydroxyl groups excluding tert-OH is 1. The predicted molar refractivity (Wildman–Crippen MR) is 144 cm³/mol. The Morgan fingerprint density at radius 1 is 1.29 bits per heavy atom. The number of nitrogens with one attached hydrogen (secondary N) is 1. The van der Waals surface area contributed by atoms with Crippen molar-refractivity contribution in [2.75, 3.05) is 37.9 Å². The summed E-state index contributed by atoms with van der Waals surface area (Å²) in [4.78, 5) is 5.37. The number of benzene rings is 1. The molecule has 0 bridgehead atoms. The van der Waals surface area contributed by atoms with Gasteiger partial charge in [-0.25, -0.2) is 9.37 Å². The van der Waals surface area contributed by atoms with Crippen LogP contribution in [-0.2, 0) is 4.74 Å². The van der Waals surface area contributed by atoms with Gasteiger partial charge in [-0.15, -0.1) is 23.5 Å². The largest absolute Gasteiger partial charge is 0.395 e. The lowest BCUT2D eigenvalue weighted by atomic mass is 9.93. The molecule has 3 rings (SSSR count). The topological polar surface area (TPSA) is 80.4 Å². The number of hydrogen-bond acceptors (Lipinski definition) is 7. The fourth-order valence-electron chi connectivity index (χ4n) is 3.63. The minimum atomic E-state index is -0.278. The molecule has 1 aliphatic rings. The smallest absolute Gasteiger partial charge is 0.125 e. The van der Waals surface area contributed by atoms with E-state index in [-0.39, 0.29) is 23.0 Å². The van der Waals surface area contributed by atoms with Crippen molar-refractivity contribution in [3.63, 3.8) is 0 Å². The van der Waals surface area contributed by atoms with Crippen molar-refractivity contribution in [1.29, 1.82) is 0 Å². The van der Waals surface area contributed by atoms with E-state index in [1.165, 1.54) is 12.1 Å². The average Bonchev–Trinajstić information content (AvgIpc) is 3.12. The number of anilines is 1. The van der Waals surface area contributed by atoms with Crippen molar-refractivity contribution >= 4 is 40.5 Å². The Hall–Kier alpha value is -2.10. The van der Waals surface area contributed by atoms with Crippen LogP contribution in [0.25, 0.3) is 11.1 Å². The van der Waals surface area contributed by atoms with Gasteiger partial charge in [-0.2, -0.15) is 0 Å². The van der Waals surface area contributed by atoms with Crippen molar-refractivity contribution in [3.05, 3.63) is 82.7 Å². The second-order valence-electron chi connectivity index (χ2n) is 7.90. The van der Waals surface area contributed by atoms with Gasteiger partial charge in [0.1, 0.15) is 11.6 Å². The fourth-order valence-corrected chi connectivity index (χ4v) is 6.34. The predicted octanol–water partition coefficient (Wildman–Crippen LogP) is 5.17. The zero-order valence-corrected chi connectivity index (χ0v) is 21.2. The molecule has 1 aromatic heterocycles. The number of pyridine rings is 1. The van der Waals surface area contributed by atoms with E-state index in [1.807, 2.05) is 30.8 Å². The van der Waals surface area contributed by atoms with Crippen LogP contribution in [-0.4, -0.2) is 53.3 Å². The summed E-state index contributed by atoms with van der Waals surface area (Å²) < 4.78 is 19.0. The molecule has 5 nitrogen and oxygen atoms in total. The first-order chi connectivity index (χ1) is 16.4. The van der Waals surface area contributed by atoms with Gasteiger partial charge in [-0.3, -0.25) is 0 Å². The highest BCUT2D eigenvalue weighted by atomic mass is 32.2. The molecule has 4 N–H and O–H groups in total. The second-order valence-corrected chi connectivity index (χ2v) is 10.7. The van der Waals surface area contributed by atoms with Crippen LogP contribution in [0.2, 0.25) is 0 Å². The monoisotopic (exact) mass is 501 g/mol. The number of allylic oxidation sites excluding steroid dienone is 3. The molecule has 2 aromatic rings. The Morgan fingerprint density at radius 3 is 2.68 bits per heavy atom. The summed E-state index contributed by atoms with van der Waals surface area (Å²) in [6, 6.07) is 10.2. The minimum absolute atomic E-state index is 0.0464. The highest BCUT2D eigenvalue weighted by Gasteiger charge is 2.34. The van der Waals surface area contributed by atoms with Gasteiger partial charge in [-0.05, 0) is 71.2 Å². The maximum Gasteiger partial charge on any atom is 0.125 e. The molecule has 8 heteroatoms. The van der Waals surface area contributed by atoms with Gasteiger partial charge >= 0.3 is 0 Å². The lowest BCUT2D eigenvalue weighted by Crippen LogP contribution is -2.28. The van der Waals surface area contributed by atoms with Gasteiger partial charge in [0, 0.05) is 31.4 Å². The maximum atomic E-state index is 13.7. The molecule has 0 aliphatic carbocycles. The molecule has 2 heterocycles. The Bertz CT molecular complexity index is 1020. The average molecular weight is 502 g/mol. The molecule has 182 valence electrons. The third kappa shape index (κ3) is 6.96. The van der Waals surface area contributed by atoms with Crippen LogP contribution >= 0.6 is 23.5 Å². The first kappa shape index (κ1) is 26.5. The number of hydrogen-bond donors (Lipinski definition) is 3. The van der Waals surface area contributed by atoms with E-state index >= 15 is 0 Å². The third-order valence-corrected chi connectivity index (χ3v) is 8.28. The van der Waals surface area contributed by atoms with Crippen molar-refractivity contribution in [3.8, 4) is 0 Å². The van der Waals surface area contributed by atoms with E-state index < -0.39 is 0 Å². The van der Waals surface area contributed by atoms with Gasteiger partial charge in [0.15, 0.2) is 0 Å². The normalized spacial score (nSPS) is 20.0. The Balaban J connectivity index is 1.95. The molecular weight excluding hydrogens is 469 g/mol. The van der Waals surface area contributed by atoms with Gasteiger partial charge in [0.05, 0.1) is 17.2 Å². The van der Waals surface area contributed by atoms with Gasteiger partial charge in [-0.1, -0.05) is 24.8 Å². The van der Waals surface area contributed by atoms with Crippen LogP contribution in [0.1, 0.15) is 24.5 Å². The van der Waals surface area contributed by atoms with Crippen molar-refractivity contribution in [1.82, 2.24) is 4.98 Å². The zero-order valence-electron chi connectivity index (χ0n) is 19.6. The highest BCUT2D eigenvalue weighted by molar-refractivity contribution is 8.19. The van der Waals surface area contributed by atoms with Gasteiger partial charge < -0.3 is 20.9 Å². The molecule has 0 saturated carbocycles. The van der Waals surface area contributed by atoms with Crippen LogP contribution in [0, 0.1) is 5.82 Å². The van der Waals surface area contributed by atoms with Crippen molar-refractivity contribution in [2.45, 2.75) is 24.0 Å². The standard InChI is InChI=1S/C26H32FN3O2S2/c1-17(20-7-10-23(30-16-20)29-11-12-31)15-22(19-5-8-21(27)9-6-19)24-18(2)34-26(25(24)28)33-14-4-13-32-3/h5-10,15-16,25-26,31H,2,4,11-14,28H2,1,3H3,(H,29,30)/b17-15+,24-22-. The summed E-state index contributed by atoms with van der Waals surface area (Å²) in [5.41, 5.74) is 11.6. The molecule has 2 atom stereocenters. The third-order valence-electron chi connectivity index (χ3n) is 5.40. The van der Waals surface area contributed by atoms with E-state index in [9.17, 15) is 4.39 Å². The lowest BCUT2D eigenvalue weighted by molar-refractivity contribution is 0.200. The number of thioether (sulfide) groups is 2. The SMILES string of the molecule is C=C1SC(SCCCOC)C(N)/C1=C(/C=C(\C)c1ccc(NCCO)nc1)c1ccc(F)cc1. The van der Waals surface area contributed by atoms with Crippen molar-refractivity contribution in [2.24, 2.45) is 5.73 Å². The lowest BCUT2D eigenvalue weighted by Gasteiger charge is -2.17. The summed E-state index contributed by atoms with van der Waals surface area (Å²) in [6.45, 7) is 7.56. The zero-order chi connectivity index (χ0) is 24.5. The number of methoxy groups -OCH3 is 1. The Morgan fingerprint density at radius 2 is 2.03 bits per heavy atom. The van der Waals surface area contributed by atoms with E-state index in [0.29, 0.717) is 12.4 Å². The van der Waals surface area contributed by atoms with Crippen LogP contribution < -0.4 is 11.1 Å². The minimum Gasteiger partial charge on any atom is -0.395 e. The number of nitrogens with zero attached hydrogens (tertiary/aromatic N) is 1. The molecule has 1 aromatic carbocycles. The molecule has 0 radical (unpaired) electrons. The quantitative estimate of drug-likeness (QED) is 0.367. The molecule has 2 unspecified atom stereocenters. The Labute approximate surface area is 209 Å². The molecular formula is C26H32FN3O2S2. The first-order valence-electron chi connectivity index (χ1n) is 11.2. The summed E-state index contributed by atoms with van der Waals surface area (Å²) in [5.74, 6) is 1.39. The molecule has 1 saturated heterocycles. The summed E-state index contributed by atoms with van der Waals surface area (Å²) in [7, 11) is 1.71. The first-order valence-corrected chi connectivity index (χ1v) is 13.1. The number of aromatic nitrogens is 1. The van der Waals surface area contributed by atoms with Crippen LogP contribution in [0.15, 0.2) is 65.7 Å². The van der Waals surface area contributed by atoms with E-state index in [4.69, 9.17) is 15.6 Å². The number of rotatable bonds is 11. The van der Waals surface area contributed by atoms with E-state index in [1.54, 1.807) is 37.2 Å². The van der Waals surface area contributed by atoms with E-state index in [2.05, 4.69) is 23.0 Å². The van der Waals surface area contributed by atoms with E-state index in [0.717, 1.165) is 51.5 Å². The molecule has 0 spiro atoms. The summed E-state index contributed by atoms with van der Waals surface area (Å²) in [6.07, 6.45) is 4.85. The summed E-state index contributed by atoms with van der Waals surface area (Å²) in [5, 5.41) is 12.0. The number of nitrogens with two attached hydrogens (primary N) is 1. The molecule has 0 amide bonds. The van der Waals surface area contributed by atoms with Gasteiger partial charge in [0.2, 0.25) is 0 Å². The Kier molecular flexibility index (Phi) is 10.2. The highest BCUT2D eigenvalue weighted by Crippen LogP contribution is 2.48. The number of halogens is 1. The summed E-state index contributed by atoms with van der Waals surface area (Å²) >= 11 is 3.52.